The fourth-order valence-corrected chi connectivity index (χ4v) is 6.91. The first-order valence-electron chi connectivity index (χ1n) is 12.7. The van der Waals surface area contributed by atoms with Crippen LogP contribution < -0.4 is 0 Å². The molecule has 3 aromatic carbocycles. The second-order valence-corrected chi connectivity index (χ2v) is 12.3. The van der Waals surface area contributed by atoms with Crippen LogP contribution in [0.15, 0.2) is 77.2 Å². The Kier molecular flexibility index (Phi) is 8.35. The zero-order valence-electron chi connectivity index (χ0n) is 22.3. The molecular weight excluding hydrogens is 503 g/mol. The van der Waals surface area contributed by atoms with Crippen LogP contribution in [-0.4, -0.2) is 50.6 Å². The molecule has 0 saturated heterocycles. The Hall–Kier alpha value is -3.07. The van der Waals surface area contributed by atoms with Crippen molar-refractivity contribution in [2.45, 2.75) is 50.0 Å². The molecule has 6 nitrogen and oxygen atoms in total. The van der Waals surface area contributed by atoms with Crippen LogP contribution in [0.1, 0.15) is 54.5 Å². The van der Waals surface area contributed by atoms with Gasteiger partial charge in [-0.15, -0.1) is 4.40 Å². The molecule has 202 valence electrons. The summed E-state index contributed by atoms with van der Waals surface area (Å²) < 4.78 is 51.5. The van der Waals surface area contributed by atoms with E-state index in [1.165, 1.54) is 11.6 Å². The van der Waals surface area contributed by atoms with Gasteiger partial charge in [0, 0.05) is 19.6 Å². The van der Waals surface area contributed by atoms with E-state index in [1.54, 1.807) is 32.0 Å². The van der Waals surface area contributed by atoms with Gasteiger partial charge >= 0.3 is 0 Å². The van der Waals surface area contributed by atoms with Crippen molar-refractivity contribution in [3.05, 3.63) is 95.3 Å². The Labute approximate surface area is 224 Å². The summed E-state index contributed by atoms with van der Waals surface area (Å²) in [5.74, 6) is -0.844. The third-order valence-electron chi connectivity index (χ3n) is 6.78. The quantitative estimate of drug-likeness (QED) is 0.379. The van der Waals surface area contributed by atoms with Crippen LogP contribution in [0.25, 0.3) is 11.1 Å². The van der Waals surface area contributed by atoms with E-state index in [0.717, 1.165) is 17.7 Å². The monoisotopic (exact) mass is 538 g/mol. The molecular formula is C30H35FN2O4S. The predicted octanol–water partition coefficient (Wildman–Crippen LogP) is 5.69. The van der Waals surface area contributed by atoms with E-state index in [-0.39, 0.29) is 25.3 Å². The van der Waals surface area contributed by atoms with E-state index >= 15 is 0 Å². The SMILES string of the molecule is CN(C)Cc1ccc(-c2ccc(C3C(C)(C)OC(C[C@@H](CCO)c4ccccc4F)=NS3(=O)=O)cc2)cc1. The van der Waals surface area contributed by atoms with Crippen molar-refractivity contribution in [1.29, 1.82) is 0 Å². The van der Waals surface area contributed by atoms with Crippen LogP contribution in [0.4, 0.5) is 4.39 Å². The van der Waals surface area contributed by atoms with Gasteiger partial charge in [0.1, 0.15) is 16.7 Å². The van der Waals surface area contributed by atoms with E-state index < -0.39 is 32.6 Å². The summed E-state index contributed by atoms with van der Waals surface area (Å²) in [5, 5.41) is 8.54. The minimum absolute atomic E-state index is 0.0300. The smallest absolute Gasteiger partial charge is 0.267 e. The van der Waals surface area contributed by atoms with Gasteiger partial charge in [0.05, 0.1) is 0 Å². The lowest BCUT2D eigenvalue weighted by Gasteiger charge is -2.38. The molecule has 1 N–H and O–H groups in total. The van der Waals surface area contributed by atoms with Crippen LogP contribution in [0.2, 0.25) is 0 Å². The molecule has 0 radical (unpaired) electrons. The van der Waals surface area contributed by atoms with Gasteiger partial charge in [-0.3, -0.25) is 0 Å². The first-order chi connectivity index (χ1) is 18.0. The topological polar surface area (TPSA) is 79.2 Å². The van der Waals surface area contributed by atoms with Crippen molar-refractivity contribution in [1.82, 2.24) is 4.90 Å². The van der Waals surface area contributed by atoms with Gasteiger partial charge in [-0.05, 0) is 74.2 Å². The lowest BCUT2D eigenvalue weighted by molar-refractivity contribution is 0.0797. The number of halogens is 1. The molecule has 8 heteroatoms. The molecule has 1 unspecified atom stereocenters. The van der Waals surface area contributed by atoms with Crippen molar-refractivity contribution in [3.63, 3.8) is 0 Å². The lowest BCUT2D eigenvalue weighted by Crippen LogP contribution is -2.43. The number of hydrogen-bond acceptors (Lipinski definition) is 5. The predicted molar refractivity (Wildman–Crippen MR) is 149 cm³/mol. The zero-order valence-corrected chi connectivity index (χ0v) is 23.1. The number of ether oxygens (including phenoxy) is 1. The molecule has 0 bridgehead atoms. The molecule has 1 aliphatic rings. The van der Waals surface area contributed by atoms with Crippen molar-refractivity contribution in [3.8, 4) is 11.1 Å². The van der Waals surface area contributed by atoms with Crippen LogP contribution in [0, 0.1) is 5.82 Å². The van der Waals surface area contributed by atoms with E-state index in [2.05, 4.69) is 33.6 Å². The molecule has 0 spiro atoms. The number of nitrogens with zero attached hydrogens (tertiary/aromatic N) is 2. The fraction of sp³-hybridized carbons (Fsp3) is 0.367. The van der Waals surface area contributed by atoms with Gasteiger partial charge < -0.3 is 14.7 Å². The summed E-state index contributed by atoms with van der Waals surface area (Å²) in [7, 11) is 0.0781. The average molecular weight is 539 g/mol. The van der Waals surface area contributed by atoms with Crippen molar-refractivity contribution < 1.29 is 22.7 Å². The summed E-state index contributed by atoms with van der Waals surface area (Å²) in [5.41, 5.74) is 3.13. The fourth-order valence-electron chi connectivity index (χ4n) is 5.14. The molecule has 0 aromatic heterocycles. The maximum atomic E-state index is 14.4. The van der Waals surface area contributed by atoms with Gasteiger partial charge in [0.25, 0.3) is 10.0 Å². The van der Waals surface area contributed by atoms with Gasteiger partial charge in [-0.2, -0.15) is 0 Å². The number of hydrogen-bond donors (Lipinski definition) is 1. The van der Waals surface area contributed by atoms with Crippen molar-refractivity contribution in [2.75, 3.05) is 20.7 Å². The molecule has 0 saturated carbocycles. The zero-order chi connectivity index (χ0) is 27.5. The van der Waals surface area contributed by atoms with Gasteiger partial charge in [-0.1, -0.05) is 66.7 Å². The molecule has 4 rings (SSSR count). The Morgan fingerprint density at radius 1 is 1.00 bits per heavy atom. The Morgan fingerprint density at radius 3 is 2.16 bits per heavy atom. The summed E-state index contributed by atoms with van der Waals surface area (Å²) in [6, 6.07) is 22.0. The summed E-state index contributed by atoms with van der Waals surface area (Å²) in [4.78, 5) is 2.11. The number of aliphatic hydroxyl groups is 1. The first-order valence-corrected chi connectivity index (χ1v) is 14.2. The maximum Gasteiger partial charge on any atom is 0.267 e. The molecule has 1 aliphatic heterocycles. The highest BCUT2D eigenvalue weighted by Gasteiger charge is 2.47. The van der Waals surface area contributed by atoms with Gasteiger partial charge in [0.15, 0.2) is 0 Å². The third kappa shape index (κ3) is 6.31. The maximum absolute atomic E-state index is 14.4. The second-order valence-electron chi connectivity index (χ2n) is 10.6. The molecule has 0 fully saturated rings. The van der Waals surface area contributed by atoms with E-state index in [4.69, 9.17) is 4.74 Å². The standard InChI is InChI=1S/C30H35FN2O4S/c1-30(2)29(24-15-13-23(14-16-24)22-11-9-21(10-12-22)20-33(3)4)38(35,36)32-28(37-30)19-25(17-18-34)26-7-5-6-8-27(26)31/h5-16,25,29,34H,17-20H2,1-4H3/t25-,29?/m1/s1. The minimum Gasteiger partial charge on any atom is -0.472 e. The normalized spacial score (nSPS) is 19.0. The van der Waals surface area contributed by atoms with E-state index in [9.17, 15) is 17.9 Å². The van der Waals surface area contributed by atoms with Crippen molar-refractivity contribution >= 4 is 15.9 Å². The number of rotatable bonds is 9. The largest absolute Gasteiger partial charge is 0.472 e. The number of aliphatic hydroxyl groups excluding tert-OH is 1. The lowest BCUT2D eigenvalue weighted by atomic mass is 9.91. The van der Waals surface area contributed by atoms with Gasteiger partial charge in [0.2, 0.25) is 5.90 Å². The van der Waals surface area contributed by atoms with Crippen LogP contribution in [0.5, 0.6) is 0 Å². The second kappa shape index (κ2) is 11.4. The van der Waals surface area contributed by atoms with Crippen LogP contribution in [0.3, 0.4) is 0 Å². The Bertz CT molecular complexity index is 1380. The van der Waals surface area contributed by atoms with Gasteiger partial charge in [-0.25, -0.2) is 12.8 Å². The van der Waals surface area contributed by atoms with Crippen LogP contribution in [-0.2, 0) is 21.3 Å². The summed E-state index contributed by atoms with van der Waals surface area (Å²) in [6.45, 7) is 4.14. The molecule has 38 heavy (non-hydrogen) atoms. The first kappa shape index (κ1) is 28.0. The highest BCUT2D eigenvalue weighted by Crippen LogP contribution is 2.42. The Morgan fingerprint density at radius 2 is 1.61 bits per heavy atom. The number of benzene rings is 3. The third-order valence-corrected chi connectivity index (χ3v) is 8.68. The minimum atomic E-state index is -3.98. The summed E-state index contributed by atoms with van der Waals surface area (Å²) in [6.07, 6.45) is 0.324. The van der Waals surface area contributed by atoms with Crippen molar-refractivity contribution in [2.24, 2.45) is 4.40 Å². The molecule has 3 aromatic rings. The van der Waals surface area contributed by atoms with E-state index in [1.807, 2.05) is 38.4 Å². The molecule has 1 heterocycles. The molecule has 0 amide bonds. The molecule has 0 aliphatic carbocycles. The number of sulfonamides is 1. The van der Waals surface area contributed by atoms with Crippen LogP contribution >= 0.6 is 0 Å². The summed E-state index contributed by atoms with van der Waals surface area (Å²) >= 11 is 0. The van der Waals surface area contributed by atoms with E-state index in [0.29, 0.717) is 11.1 Å². The average Bonchev–Trinajstić information content (AvgIpc) is 2.83. The highest BCUT2D eigenvalue weighted by molar-refractivity contribution is 7.90. The molecule has 2 atom stereocenters. The Balaban J connectivity index is 1.58. The highest BCUT2D eigenvalue weighted by atomic mass is 32.2.